The molecule has 1 atom stereocenters. The van der Waals surface area contributed by atoms with E-state index in [9.17, 15) is 4.79 Å². The summed E-state index contributed by atoms with van der Waals surface area (Å²) in [4.78, 5) is 10.8. The Labute approximate surface area is 91.5 Å². The third kappa shape index (κ3) is 1.97. The number of carbonyl (C=O) groups excluding carboxylic acids is 1. The maximum absolute atomic E-state index is 10.8. The van der Waals surface area contributed by atoms with Crippen molar-refractivity contribution in [1.82, 2.24) is 0 Å². The molecule has 1 heteroatoms. The normalized spacial score (nSPS) is 20.1. The van der Waals surface area contributed by atoms with Crippen LogP contribution >= 0.6 is 0 Å². The minimum atomic E-state index is 0.203. The molecule has 15 heavy (non-hydrogen) atoms. The fourth-order valence-corrected chi connectivity index (χ4v) is 2.21. The third-order valence-corrected chi connectivity index (χ3v) is 3.23. The number of hydrogen-bond acceptors (Lipinski definition) is 1. The molecular weight excluding hydrogens is 184 g/mol. The highest BCUT2D eigenvalue weighted by molar-refractivity contribution is 5.58. The van der Waals surface area contributed by atoms with Crippen molar-refractivity contribution in [2.24, 2.45) is 5.92 Å². The van der Waals surface area contributed by atoms with E-state index in [2.05, 4.69) is 39.0 Å². The van der Waals surface area contributed by atoms with Crippen molar-refractivity contribution in [3.8, 4) is 0 Å². The first kappa shape index (κ1) is 10.4. The Hall–Kier alpha value is -1.11. The van der Waals surface area contributed by atoms with Gasteiger partial charge in [0.1, 0.15) is 6.29 Å². The van der Waals surface area contributed by atoms with Crippen LogP contribution in [-0.2, 0) is 23.1 Å². The monoisotopic (exact) mass is 202 g/mol. The quantitative estimate of drug-likeness (QED) is 0.640. The summed E-state index contributed by atoms with van der Waals surface area (Å²) in [5, 5.41) is 0. The van der Waals surface area contributed by atoms with Crippen LogP contribution in [0, 0.1) is 5.92 Å². The molecule has 1 aliphatic rings. The first-order chi connectivity index (χ1) is 7.00. The molecule has 0 fully saturated rings. The molecular formula is C14H18O. The Morgan fingerprint density at radius 3 is 2.47 bits per heavy atom. The van der Waals surface area contributed by atoms with Crippen LogP contribution in [0.5, 0.6) is 0 Å². The molecule has 0 spiro atoms. The van der Waals surface area contributed by atoms with E-state index in [-0.39, 0.29) is 11.3 Å². The second kappa shape index (κ2) is 3.48. The van der Waals surface area contributed by atoms with E-state index in [0.29, 0.717) is 0 Å². The summed E-state index contributed by atoms with van der Waals surface area (Å²) in [6.45, 7) is 6.67. The van der Waals surface area contributed by atoms with Crippen molar-refractivity contribution in [2.45, 2.75) is 39.0 Å². The summed E-state index contributed by atoms with van der Waals surface area (Å²) in [6, 6.07) is 6.67. The van der Waals surface area contributed by atoms with E-state index in [1.54, 1.807) is 0 Å². The lowest BCUT2D eigenvalue weighted by atomic mass is 9.85. The van der Waals surface area contributed by atoms with Gasteiger partial charge in [0.25, 0.3) is 0 Å². The molecule has 0 amide bonds. The molecule has 1 aliphatic carbocycles. The highest BCUT2D eigenvalue weighted by Gasteiger charge is 2.23. The largest absolute Gasteiger partial charge is 0.303 e. The smallest absolute Gasteiger partial charge is 0.123 e. The second-order valence-corrected chi connectivity index (χ2v) is 5.54. The highest BCUT2D eigenvalue weighted by atomic mass is 16.1. The van der Waals surface area contributed by atoms with Crippen LogP contribution < -0.4 is 0 Å². The van der Waals surface area contributed by atoms with Crippen molar-refractivity contribution >= 4 is 6.29 Å². The van der Waals surface area contributed by atoms with Gasteiger partial charge < -0.3 is 4.79 Å². The number of aldehydes is 1. The standard InChI is InChI=1S/C14H18O/c1-14(2,3)13-5-4-11-6-10(9-15)7-12(11)8-13/h4-5,8-10H,6-7H2,1-3H3/t10-/m0/s1. The van der Waals surface area contributed by atoms with E-state index >= 15 is 0 Å². The molecule has 0 saturated heterocycles. The lowest BCUT2D eigenvalue weighted by molar-refractivity contribution is -0.110. The summed E-state index contributed by atoms with van der Waals surface area (Å²) in [7, 11) is 0. The first-order valence-electron chi connectivity index (χ1n) is 5.58. The Kier molecular flexibility index (Phi) is 2.41. The third-order valence-electron chi connectivity index (χ3n) is 3.23. The predicted octanol–water partition coefficient (Wildman–Crippen LogP) is 2.90. The van der Waals surface area contributed by atoms with Crippen molar-refractivity contribution in [3.63, 3.8) is 0 Å². The maximum atomic E-state index is 10.8. The summed E-state index contributed by atoms with van der Waals surface area (Å²) in [5.41, 5.74) is 4.31. The van der Waals surface area contributed by atoms with Gasteiger partial charge in [0.2, 0.25) is 0 Å². The van der Waals surface area contributed by atoms with Crippen molar-refractivity contribution in [3.05, 3.63) is 34.9 Å². The number of benzene rings is 1. The molecule has 0 unspecified atom stereocenters. The number of fused-ring (bicyclic) bond motifs is 1. The number of carbonyl (C=O) groups is 1. The molecule has 0 saturated carbocycles. The van der Waals surface area contributed by atoms with Crippen LogP contribution in [0.1, 0.15) is 37.5 Å². The average molecular weight is 202 g/mol. The maximum Gasteiger partial charge on any atom is 0.123 e. The highest BCUT2D eigenvalue weighted by Crippen LogP contribution is 2.30. The van der Waals surface area contributed by atoms with Gasteiger partial charge in [-0.1, -0.05) is 39.0 Å². The van der Waals surface area contributed by atoms with Gasteiger partial charge in [0.05, 0.1) is 0 Å². The molecule has 1 aromatic carbocycles. The fourth-order valence-electron chi connectivity index (χ4n) is 2.21. The minimum Gasteiger partial charge on any atom is -0.303 e. The minimum absolute atomic E-state index is 0.203. The Morgan fingerprint density at radius 1 is 1.20 bits per heavy atom. The van der Waals surface area contributed by atoms with E-state index < -0.39 is 0 Å². The van der Waals surface area contributed by atoms with Crippen LogP contribution in [0.2, 0.25) is 0 Å². The molecule has 1 nitrogen and oxygen atoms in total. The van der Waals surface area contributed by atoms with E-state index in [4.69, 9.17) is 0 Å². The number of rotatable bonds is 1. The Bertz CT molecular complexity index is 385. The van der Waals surface area contributed by atoms with Gasteiger partial charge in [0.15, 0.2) is 0 Å². The SMILES string of the molecule is CC(C)(C)c1ccc2c(c1)C[C@@H](C=O)C2. The summed E-state index contributed by atoms with van der Waals surface area (Å²) < 4.78 is 0. The van der Waals surface area contributed by atoms with Crippen molar-refractivity contribution in [2.75, 3.05) is 0 Å². The molecule has 0 N–H and O–H groups in total. The zero-order chi connectivity index (χ0) is 11.1. The van der Waals surface area contributed by atoms with Crippen LogP contribution in [0.15, 0.2) is 18.2 Å². The second-order valence-electron chi connectivity index (χ2n) is 5.54. The van der Waals surface area contributed by atoms with E-state index in [0.717, 1.165) is 19.1 Å². The van der Waals surface area contributed by atoms with Gasteiger partial charge in [-0.2, -0.15) is 0 Å². The lowest BCUT2D eigenvalue weighted by Gasteiger charge is -2.19. The van der Waals surface area contributed by atoms with Gasteiger partial charge in [-0.15, -0.1) is 0 Å². The lowest BCUT2D eigenvalue weighted by Crippen LogP contribution is -2.11. The van der Waals surface area contributed by atoms with Crippen LogP contribution in [0.4, 0.5) is 0 Å². The van der Waals surface area contributed by atoms with Crippen LogP contribution in [0.25, 0.3) is 0 Å². The Morgan fingerprint density at radius 2 is 1.87 bits per heavy atom. The molecule has 0 heterocycles. The molecule has 0 bridgehead atoms. The average Bonchev–Trinajstić information content (AvgIpc) is 2.57. The zero-order valence-electron chi connectivity index (χ0n) is 9.71. The molecule has 1 aromatic rings. The zero-order valence-corrected chi connectivity index (χ0v) is 9.71. The Balaban J connectivity index is 2.34. The van der Waals surface area contributed by atoms with Gasteiger partial charge >= 0.3 is 0 Å². The fraction of sp³-hybridized carbons (Fsp3) is 0.500. The van der Waals surface area contributed by atoms with Gasteiger partial charge in [-0.05, 0) is 34.9 Å². The summed E-state index contributed by atoms with van der Waals surface area (Å²) in [6.07, 6.45) is 2.96. The van der Waals surface area contributed by atoms with Crippen molar-refractivity contribution in [1.29, 1.82) is 0 Å². The summed E-state index contributed by atoms with van der Waals surface area (Å²) >= 11 is 0. The number of hydrogen-bond donors (Lipinski definition) is 0. The molecule has 2 rings (SSSR count). The van der Waals surface area contributed by atoms with Gasteiger partial charge in [-0.3, -0.25) is 0 Å². The molecule has 0 radical (unpaired) electrons. The molecule has 0 aliphatic heterocycles. The first-order valence-corrected chi connectivity index (χ1v) is 5.58. The van der Waals surface area contributed by atoms with E-state index in [1.807, 2.05) is 0 Å². The molecule has 80 valence electrons. The molecule has 0 aromatic heterocycles. The van der Waals surface area contributed by atoms with Crippen LogP contribution in [-0.4, -0.2) is 6.29 Å². The van der Waals surface area contributed by atoms with Gasteiger partial charge in [0, 0.05) is 5.92 Å². The van der Waals surface area contributed by atoms with Gasteiger partial charge in [-0.25, -0.2) is 0 Å². The summed E-state index contributed by atoms with van der Waals surface area (Å²) in [5.74, 6) is 0.218. The topological polar surface area (TPSA) is 17.1 Å². The van der Waals surface area contributed by atoms with E-state index in [1.165, 1.54) is 16.7 Å². The predicted molar refractivity (Wildman–Crippen MR) is 62.1 cm³/mol. The van der Waals surface area contributed by atoms with Crippen molar-refractivity contribution < 1.29 is 4.79 Å². The van der Waals surface area contributed by atoms with Crippen LogP contribution in [0.3, 0.4) is 0 Å².